The molecule has 1 aliphatic heterocycles. The number of fused-ring (bicyclic) bond motifs is 1. The van der Waals surface area contributed by atoms with Crippen molar-refractivity contribution >= 4 is 33.3 Å². The lowest BCUT2D eigenvalue weighted by molar-refractivity contribution is -0.0590. The van der Waals surface area contributed by atoms with Crippen molar-refractivity contribution < 1.29 is 23.4 Å². The summed E-state index contributed by atoms with van der Waals surface area (Å²) in [5.74, 6) is -0.0882. The van der Waals surface area contributed by atoms with E-state index in [2.05, 4.69) is 14.9 Å². The first kappa shape index (κ1) is 27.3. The predicted molar refractivity (Wildman–Crippen MR) is 151 cm³/mol. The van der Waals surface area contributed by atoms with Crippen LogP contribution in [0.2, 0.25) is 0 Å². The first-order valence-corrected chi connectivity index (χ1v) is 13.8. The minimum Gasteiger partial charge on any atom is -0.473 e. The summed E-state index contributed by atoms with van der Waals surface area (Å²) in [7, 11) is 1.34. The summed E-state index contributed by atoms with van der Waals surface area (Å²) < 4.78 is 33.6. The van der Waals surface area contributed by atoms with Gasteiger partial charge < -0.3 is 18.8 Å². The van der Waals surface area contributed by atoms with Crippen LogP contribution in [0.3, 0.4) is 0 Å². The van der Waals surface area contributed by atoms with Crippen LogP contribution in [0, 0.1) is 12.4 Å². The van der Waals surface area contributed by atoms with Gasteiger partial charge in [-0.3, -0.25) is 4.79 Å². The van der Waals surface area contributed by atoms with Crippen LogP contribution in [-0.2, 0) is 29.2 Å². The van der Waals surface area contributed by atoms with Gasteiger partial charge >= 0.3 is 5.97 Å². The summed E-state index contributed by atoms with van der Waals surface area (Å²) in [6, 6.07) is 12.4. The molecule has 0 N–H and O–H groups in total. The molecule has 11 nitrogen and oxygen atoms in total. The van der Waals surface area contributed by atoms with Gasteiger partial charge in [-0.15, -0.1) is 11.3 Å². The predicted octanol–water partition coefficient (Wildman–Crippen LogP) is 4.61. The largest absolute Gasteiger partial charge is 0.473 e. The normalized spacial score (nSPS) is 14.4. The number of benzene rings is 1. The van der Waals surface area contributed by atoms with Crippen LogP contribution < -0.4 is 10.3 Å². The van der Waals surface area contributed by atoms with E-state index in [4.69, 9.17) is 25.8 Å². The van der Waals surface area contributed by atoms with Gasteiger partial charge in [-0.1, -0.05) is 18.2 Å². The highest BCUT2D eigenvalue weighted by Crippen LogP contribution is 2.29. The Hall–Kier alpha value is -4.93. The number of pyridine rings is 1. The van der Waals surface area contributed by atoms with Gasteiger partial charge in [0, 0.05) is 29.9 Å². The zero-order valence-electron chi connectivity index (χ0n) is 22.3. The SMILES string of the molecule is [C-]#[N+]c1ccc(COc2cccc(-c3cnn(Cc4nc5sc(C(=O)OC)cc5n4C[C@@H]4CCO4)c(=O)c3)n2)c(F)c1. The Bertz CT molecular complexity index is 1900. The van der Waals surface area contributed by atoms with Gasteiger partial charge in [-0.2, -0.15) is 5.10 Å². The second kappa shape index (κ2) is 11.5. The van der Waals surface area contributed by atoms with Crippen molar-refractivity contribution in [3.63, 3.8) is 0 Å². The van der Waals surface area contributed by atoms with Crippen LogP contribution in [0.1, 0.15) is 27.5 Å². The van der Waals surface area contributed by atoms with Gasteiger partial charge in [-0.05, 0) is 24.6 Å². The quantitative estimate of drug-likeness (QED) is 0.182. The molecule has 1 aliphatic rings. The Morgan fingerprint density at radius 3 is 2.81 bits per heavy atom. The number of nitrogens with zero attached hydrogens (tertiary/aromatic N) is 6. The number of thiophene rings is 1. The number of hydrogen-bond acceptors (Lipinski definition) is 9. The van der Waals surface area contributed by atoms with Crippen LogP contribution in [0.25, 0.3) is 26.4 Å². The monoisotopic (exact) mass is 586 g/mol. The highest BCUT2D eigenvalue weighted by atomic mass is 32.1. The first-order chi connectivity index (χ1) is 20.4. The van der Waals surface area contributed by atoms with Crippen molar-refractivity contribution in [3.05, 3.63) is 98.6 Å². The lowest BCUT2D eigenvalue weighted by Crippen LogP contribution is -2.32. The summed E-state index contributed by atoms with van der Waals surface area (Å²) in [4.78, 5) is 38.6. The molecule has 0 amide bonds. The fraction of sp³-hybridized carbons (Fsp3) is 0.241. The van der Waals surface area contributed by atoms with Crippen LogP contribution in [0.4, 0.5) is 10.1 Å². The van der Waals surface area contributed by atoms with Crippen molar-refractivity contribution in [1.29, 1.82) is 0 Å². The molecule has 1 fully saturated rings. The summed E-state index contributed by atoms with van der Waals surface area (Å²) in [5, 5.41) is 4.36. The second-order valence-electron chi connectivity index (χ2n) is 9.49. The van der Waals surface area contributed by atoms with E-state index in [1.807, 2.05) is 4.57 Å². The number of esters is 1. The van der Waals surface area contributed by atoms with Gasteiger partial charge in [0.15, 0.2) is 5.69 Å². The first-order valence-electron chi connectivity index (χ1n) is 12.9. The lowest BCUT2D eigenvalue weighted by Gasteiger charge is -2.27. The van der Waals surface area contributed by atoms with E-state index in [-0.39, 0.29) is 36.4 Å². The summed E-state index contributed by atoms with van der Waals surface area (Å²) >= 11 is 1.23. The molecule has 0 saturated carbocycles. The Kier molecular flexibility index (Phi) is 7.47. The van der Waals surface area contributed by atoms with Crippen LogP contribution in [0.15, 0.2) is 59.5 Å². The van der Waals surface area contributed by atoms with E-state index in [0.29, 0.717) is 45.5 Å². The molecule has 1 aromatic carbocycles. The van der Waals surface area contributed by atoms with Gasteiger partial charge in [0.25, 0.3) is 5.56 Å². The Morgan fingerprint density at radius 2 is 2.10 bits per heavy atom. The molecule has 0 spiro atoms. The van der Waals surface area contributed by atoms with E-state index < -0.39 is 11.8 Å². The van der Waals surface area contributed by atoms with Gasteiger partial charge in [0.05, 0.1) is 43.7 Å². The molecule has 1 saturated heterocycles. The molecular formula is C29H23FN6O5S. The van der Waals surface area contributed by atoms with E-state index in [1.165, 1.54) is 47.5 Å². The minimum absolute atomic E-state index is 0.0323. The van der Waals surface area contributed by atoms with E-state index in [1.54, 1.807) is 24.3 Å². The Labute approximate surface area is 242 Å². The number of methoxy groups -OCH3 is 1. The summed E-state index contributed by atoms with van der Waals surface area (Å²) in [5.41, 5.74) is 1.89. The van der Waals surface area contributed by atoms with E-state index in [9.17, 15) is 14.0 Å². The van der Waals surface area contributed by atoms with Crippen molar-refractivity contribution in [2.24, 2.45) is 0 Å². The number of carbonyl (C=O) groups excluding carboxylic acids is 1. The Morgan fingerprint density at radius 1 is 1.24 bits per heavy atom. The molecule has 0 radical (unpaired) electrons. The molecule has 0 aliphatic carbocycles. The van der Waals surface area contributed by atoms with Gasteiger partial charge in [0.1, 0.15) is 34.5 Å². The third kappa shape index (κ3) is 5.50. The summed E-state index contributed by atoms with van der Waals surface area (Å²) in [6.45, 7) is 8.28. The zero-order chi connectivity index (χ0) is 29.2. The number of carbonyl (C=O) groups is 1. The fourth-order valence-electron chi connectivity index (χ4n) is 4.48. The number of rotatable bonds is 9. The van der Waals surface area contributed by atoms with E-state index in [0.717, 1.165) is 18.0 Å². The Balaban J connectivity index is 1.21. The van der Waals surface area contributed by atoms with E-state index >= 15 is 0 Å². The molecule has 0 bridgehead atoms. The maximum atomic E-state index is 14.2. The van der Waals surface area contributed by atoms with Crippen molar-refractivity contribution in [1.82, 2.24) is 24.3 Å². The van der Waals surface area contributed by atoms with Crippen LogP contribution >= 0.6 is 11.3 Å². The smallest absolute Gasteiger partial charge is 0.348 e. The topological polar surface area (TPSA) is 115 Å². The molecule has 6 rings (SSSR count). The van der Waals surface area contributed by atoms with Crippen molar-refractivity contribution in [2.45, 2.75) is 32.2 Å². The summed E-state index contributed by atoms with van der Waals surface area (Å²) in [6.07, 6.45) is 2.49. The van der Waals surface area contributed by atoms with Crippen molar-refractivity contribution in [3.8, 4) is 17.1 Å². The molecule has 13 heteroatoms. The molecular weight excluding hydrogens is 563 g/mol. The maximum absolute atomic E-state index is 14.2. The lowest BCUT2D eigenvalue weighted by atomic mass is 10.2. The number of aromatic nitrogens is 5. The number of hydrogen-bond donors (Lipinski definition) is 0. The average Bonchev–Trinajstić information content (AvgIpc) is 3.53. The molecule has 0 unspecified atom stereocenters. The average molecular weight is 587 g/mol. The number of halogens is 1. The zero-order valence-corrected chi connectivity index (χ0v) is 23.1. The molecule has 5 heterocycles. The van der Waals surface area contributed by atoms with Crippen LogP contribution in [-0.4, -0.2) is 50.1 Å². The van der Waals surface area contributed by atoms with Gasteiger partial charge in [0.2, 0.25) is 5.88 Å². The third-order valence-corrected chi connectivity index (χ3v) is 7.81. The highest BCUT2D eigenvalue weighted by Gasteiger charge is 2.24. The number of ether oxygens (including phenoxy) is 3. The van der Waals surface area contributed by atoms with Crippen LogP contribution in [0.5, 0.6) is 5.88 Å². The molecule has 42 heavy (non-hydrogen) atoms. The molecule has 212 valence electrons. The minimum atomic E-state index is -0.530. The number of imidazole rings is 1. The molecule has 5 aromatic rings. The fourth-order valence-corrected chi connectivity index (χ4v) is 5.45. The maximum Gasteiger partial charge on any atom is 0.348 e. The molecule has 4 aromatic heterocycles. The highest BCUT2D eigenvalue weighted by molar-refractivity contribution is 7.20. The van der Waals surface area contributed by atoms with Gasteiger partial charge in [-0.25, -0.2) is 28.7 Å². The molecule has 1 atom stereocenters. The van der Waals surface area contributed by atoms with Crippen molar-refractivity contribution in [2.75, 3.05) is 13.7 Å². The third-order valence-electron chi connectivity index (χ3n) is 6.81. The standard InChI is InChI=1S/C29H23FN6O5S/c1-31-19-7-6-17(21(30)11-19)16-41-26-5-3-4-22(33-26)18-10-27(37)36(32-13-18)15-25-34-28-23(12-24(42-28)29(38)39-2)35(25)14-20-8-9-40-20/h3-7,10-13,20H,8-9,14-16H2,2H3/t20-/m0/s1. The second-order valence-corrected chi connectivity index (χ2v) is 10.5.